The molecule has 3 aromatic heterocycles. The molecular weight excluding hydrogens is 338 g/mol. The summed E-state index contributed by atoms with van der Waals surface area (Å²) >= 11 is 1.07. The number of imidazole rings is 1. The standard InChI is InChI=1S/C17H11N5O2S/c1-8-9(6-13-15(23)21-17(19)25-13)16(24)22-12-5-3-2-4-11(12)20-14(22)10(8)7-18/h2-6,23H,1H3,(H2,19,21)/b9-6-. The van der Waals surface area contributed by atoms with Crippen molar-refractivity contribution in [3.63, 3.8) is 0 Å². The normalized spacial score (nSPS) is 12.1. The van der Waals surface area contributed by atoms with Gasteiger partial charge in [0.05, 0.1) is 21.5 Å². The first-order valence-electron chi connectivity index (χ1n) is 7.32. The van der Waals surface area contributed by atoms with Crippen LogP contribution in [0.15, 0.2) is 29.1 Å². The van der Waals surface area contributed by atoms with Gasteiger partial charge in [-0.1, -0.05) is 23.5 Å². The molecule has 7 nitrogen and oxygen atoms in total. The smallest absolute Gasteiger partial charge is 0.264 e. The van der Waals surface area contributed by atoms with E-state index >= 15 is 0 Å². The number of pyridine rings is 1. The molecule has 0 spiro atoms. The van der Waals surface area contributed by atoms with Crippen LogP contribution >= 0.6 is 11.3 Å². The van der Waals surface area contributed by atoms with Crippen LogP contribution in [0.4, 0.5) is 5.13 Å². The number of anilines is 1. The number of para-hydroxylation sites is 2. The molecule has 8 heteroatoms. The highest BCUT2D eigenvalue weighted by atomic mass is 32.1. The summed E-state index contributed by atoms with van der Waals surface area (Å²) in [6.45, 7) is 1.69. The molecule has 122 valence electrons. The fraction of sp³-hybridized carbons (Fsp3) is 0.0588. The number of thiazole rings is 1. The Morgan fingerprint density at radius 3 is 2.80 bits per heavy atom. The minimum absolute atomic E-state index is 0.198. The van der Waals surface area contributed by atoms with Gasteiger partial charge in [-0.05, 0) is 30.7 Å². The molecule has 25 heavy (non-hydrogen) atoms. The van der Waals surface area contributed by atoms with Crippen molar-refractivity contribution < 1.29 is 5.11 Å². The van der Waals surface area contributed by atoms with Gasteiger partial charge >= 0.3 is 0 Å². The average Bonchev–Trinajstić information content (AvgIpc) is 3.11. The number of aromatic nitrogens is 3. The van der Waals surface area contributed by atoms with Crippen LogP contribution in [-0.2, 0) is 0 Å². The lowest BCUT2D eigenvalue weighted by Gasteiger charge is -2.02. The number of rotatable bonds is 1. The van der Waals surface area contributed by atoms with Gasteiger partial charge in [0.15, 0.2) is 10.8 Å². The number of nitriles is 1. The maximum atomic E-state index is 13.1. The molecule has 4 rings (SSSR count). The third-order valence-corrected chi connectivity index (χ3v) is 4.86. The summed E-state index contributed by atoms with van der Waals surface area (Å²) < 4.78 is 1.42. The second kappa shape index (κ2) is 5.29. The lowest BCUT2D eigenvalue weighted by Crippen LogP contribution is -2.34. The van der Waals surface area contributed by atoms with Crippen LogP contribution in [0, 0.1) is 18.3 Å². The predicted octanol–water partition coefficient (Wildman–Crippen LogP) is 1.32. The Kier molecular flexibility index (Phi) is 3.20. The molecule has 0 amide bonds. The van der Waals surface area contributed by atoms with E-state index in [0.717, 1.165) is 11.3 Å². The molecule has 0 bridgehead atoms. The van der Waals surface area contributed by atoms with Crippen LogP contribution in [0.2, 0.25) is 0 Å². The first-order valence-corrected chi connectivity index (χ1v) is 8.13. The molecule has 0 unspecified atom stereocenters. The van der Waals surface area contributed by atoms with Crippen molar-refractivity contribution in [1.82, 2.24) is 14.4 Å². The van der Waals surface area contributed by atoms with Gasteiger partial charge in [-0.3, -0.25) is 9.20 Å². The van der Waals surface area contributed by atoms with Crippen LogP contribution in [0.3, 0.4) is 0 Å². The highest BCUT2D eigenvalue weighted by molar-refractivity contribution is 7.16. The molecular formula is C17H11N5O2S. The molecule has 1 aromatic carbocycles. The molecule has 0 fully saturated rings. The Balaban J connectivity index is 2.23. The zero-order chi connectivity index (χ0) is 17.7. The van der Waals surface area contributed by atoms with Gasteiger partial charge in [0.2, 0.25) is 5.88 Å². The molecule has 0 radical (unpaired) electrons. The minimum atomic E-state index is -0.313. The first kappa shape index (κ1) is 15.1. The Hall–Kier alpha value is -3.44. The van der Waals surface area contributed by atoms with Crippen molar-refractivity contribution in [1.29, 1.82) is 5.26 Å². The van der Waals surface area contributed by atoms with Gasteiger partial charge in [0, 0.05) is 5.22 Å². The maximum Gasteiger partial charge on any atom is 0.264 e. The fourth-order valence-electron chi connectivity index (χ4n) is 2.85. The van der Waals surface area contributed by atoms with E-state index in [1.807, 2.05) is 6.07 Å². The third kappa shape index (κ3) is 2.14. The summed E-state index contributed by atoms with van der Waals surface area (Å²) in [5.74, 6) is -0.240. The Morgan fingerprint density at radius 2 is 2.12 bits per heavy atom. The zero-order valence-electron chi connectivity index (χ0n) is 13.0. The van der Waals surface area contributed by atoms with E-state index in [0.29, 0.717) is 37.9 Å². The number of nitrogens with two attached hydrogens (primary N) is 1. The Labute approximate surface area is 144 Å². The summed E-state index contributed by atoms with van der Waals surface area (Å²) in [6, 6.07) is 9.33. The van der Waals surface area contributed by atoms with Gasteiger partial charge in [-0.25, -0.2) is 4.98 Å². The monoisotopic (exact) mass is 349 g/mol. The van der Waals surface area contributed by atoms with Crippen molar-refractivity contribution >= 4 is 39.2 Å². The Bertz CT molecular complexity index is 1310. The minimum Gasteiger partial charge on any atom is -0.492 e. The number of hydrogen-bond donors (Lipinski definition) is 2. The largest absolute Gasteiger partial charge is 0.492 e. The van der Waals surface area contributed by atoms with Crippen molar-refractivity contribution in [3.05, 3.63) is 55.8 Å². The molecule has 0 aliphatic carbocycles. The second-order valence-electron chi connectivity index (χ2n) is 5.47. The van der Waals surface area contributed by atoms with E-state index < -0.39 is 0 Å². The Morgan fingerprint density at radius 1 is 1.36 bits per heavy atom. The average molecular weight is 349 g/mol. The number of benzene rings is 1. The number of nitrogen functional groups attached to an aromatic ring is 1. The SMILES string of the molecule is Cc1c(C#N)c2nc3ccccc3n2c(=O)/c1=C\c1sc(N)nc1O. The van der Waals surface area contributed by atoms with E-state index in [4.69, 9.17) is 5.73 Å². The number of aromatic hydroxyl groups is 1. The molecule has 0 saturated heterocycles. The number of hydrogen-bond acceptors (Lipinski definition) is 7. The van der Waals surface area contributed by atoms with E-state index in [1.54, 1.807) is 25.1 Å². The molecule has 3 N–H and O–H groups in total. The van der Waals surface area contributed by atoms with E-state index in [9.17, 15) is 15.2 Å². The molecule has 0 atom stereocenters. The van der Waals surface area contributed by atoms with E-state index in [2.05, 4.69) is 16.0 Å². The molecule has 0 aliphatic heterocycles. The van der Waals surface area contributed by atoms with Crippen molar-refractivity contribution in [2.75, 3.05) is 5.73 Å². The molecule has 3 heterocycles. The fourth-order valence-corrected chi connectivity index (χ4v) is 3.52. The van der Waals surface area contributed by atoms with Gasteiger partial charge in [0.25, 0.3) is 5.56 Å². The van der Waals surface area contributed by atoms with Crippen molar-refractivity contribution in [3.8, 4) is 11.9 Å². The highest BCUT2D eigenvalue weighted by Crippen LogP contribution is 2.26. The van der Waals surface area contributed by atoms with E-state index in [-0.39, 0.29) is 16.6 Å². The van der Waals surface area contributed by atoms with Crippen LogP contribution in [0.5, 0.6) is 5.88 Å². The van der Waals surface area contributed by atoms with Gasteiger partial charge in [0.1, 0.15) is 6.07 Å². The van der Waals surface area contributed by atoms with E-state index in [1.165, 1.54) is 10.5 Å². The quantitative estimate of drug-likeness (QED) is 0.535. The van der Waals surface area contributed by atoms with Gasteiger partial charge in [-0.2, -0.15) is 10.2 Å². The zero-order valence-corrected chi connectivity index (χ0v) is 13.8. The van der Waals surface area contributed by atoms with Crippen LogP contribution < -0.4 is 16.5 Å². The first-order chi connectivity index (χ1) is 12.0. The predicted molar refractivity (Wildman–Crippen MR) is 95.4 cm³/mol. The molecule has 0 aliphatic rings. The maximum absolute atomic E-state index is 13.1. The lowest BCUT2D eigenvalue weighted by atomic mass is 10.1. The molecule has 0 saturated carbocycles. The van der Waals surface area contributed by atoms with Crippen LogP contribution in [-0.4, -0.2) is 19.5 Å². The third-order valence-electron chi connectivity index (χ3n) is 4.04. The topological polar surface area (TPSA) is 117 Å². The second-order valence-corrected chi connectivity index (χ2v) is 6.54. The van der Waals surface area contributed by atoms with Crippen LogP contribution in [0.25, 0.3) is 22.8 Å². The van der Waals surface area contributed by atoms with Gasteiger partial charge < -0.3 is 10.8 Å². The summed E-state index contributed by atoms with van der Waals surface area (Å²) in [4.78, 5) is 21.6. The lowest BCUT2D eigenvalue weighted by molar-refractivity contribution is 0.457. The summed E-state index contributed by atoms with van der Waals surface area (Å²) in [5.41, 5.74) is 7.70. The summed E-state index contributed by atoms with van der Waals surface area (Å²) in [6.07, 6.45) is 1.51. The summed E-state index contributed by atoms with van der Waals surface area (Å²) in [7, 11) is 0. The number of nitrogens with zero attached hydrogens (tertiary/aromatic N) is 4. The number of fused-ring (bicyclic) bond motifs is 3. The molecule has 4 aromatic rings. The highest BCUT2D eigenvalue weighted by Gasteiger charge is 2.16. The summed E-state index contributed by atoms with van der Waals surface area (Å²) in [5, 5.41) is 19.9. The van der Waals surface area contributed by atoms with Gasteiger partial charge in [-0.15, -0.1) is 0 Å². The van der Waals surface area contributed by atoms with Crippen LogP contribution in [0.1, 0.15) is 16.0 Å². The van der Waals surface area contributed by atoms with Crippen molar-refractivity contribution in [2.45, 2.75) is 6.92 Å². The van der Waals surface area contributed by atoms with Crippen molar-refractivity contribution in [2.24, 2.45) is 0 Å².